The fraction of sp³-hybridized carbons (Fsp3) is 0.857. The summed E-state index contributed by atoms with van der Waals surface area (Å²) in [6, 6.07) is -0.0539. The van der Waals surface area contributed by atoms with Gasteiger partial charge in [0.25, 0.3) is 0 Å². The van der Waals surface area contributed by atoms with E-state index in [0.717, 1.165) is 57.9 Å². The molecule has 0 aromatic rings. The highest BCUT2D eigenvalue weighted by Gasteiger charge is 2.47. The van der Waals surface area contributed by atoms with Crippen LogP contribution in [0.2, 0.25) is 0 Å². The van der Waals surface area contributed by atoms with E-state index < -0.39 is 5.41 Å². The summed E-state index contributed by atoms with van der Waals surface area (Å²) in [5.41, 5.74) is 5.26. The minimum atomic E-state index is -0.632. The monoisotopic (exact) mass is 284 g/mol. The Balaban J connectivity index is 2.22. The molecule has 0 bridgehead atoms. The van der Waals surface area contributed by atoms with Gasteiger partial charge in [0, 0.05) is 6.54 Å². The molecule has 0 radical (unpaired) electrons. The van der Waals surface area contributed by atoms with Crippen molar-refractivity contribution in [3.05, 3.63) is 0 Å². The molecule has 1 amide bonds. The Morgan fingerprint density at radius 3 is 2.53 bits per heavy atom. The van der Waals surface area contributed by atoms with Gasteiger partial charge in [0.15, 0.2) is 0 Å². The van der Waals surface area contributed by atoms with Crippen molar-refractivity contribution in [2.75, 3.05) is 13.2 Å². The molecule has 1 atom stereocenters. The highest BCUT2D eigenvalue weighted by atomic mass is 32.1. The molecule has 0 spiro atoms. The van der Waals surface area contributed by atoms with Gasteiger partial charge >= 0.3 is 0 Å². The van der Waals surface area contributed by atoms with Crippen LogP contribution in [0.15, 0.2) is 0 Å². The van der Waals surface area contributed by atoms with Gasteiger partial charge in [-0.15, -0.1) is 0 Å². The zero-order chi connectivity index (χ0) is 13.9. The van der Waals surface area contributed by atoms with Crippen LogP contribution in [0, 0.1) is 5.41 Å². The molecule has 1 unspecified atom stereocenters. The van der Waals surface area contributed by atoms with Crippen LogP contribution in [-0.2, 0) is 4.79 Å². The smallest absolute Gasteiger partial charge is 0.235 e. The average Bonchev–Trinajstić information content (AvgIpc) is 2.78. The highest BCUT2D eigenvalue weighted by molar-refractivity contribution is 7.80. The van der Waals surface area contributed by atoms with E-state index in [2.05, 4.69) is 0 Å². The van der Waals surface area contributed by atoms with Crippen LogP contribution in [0.3, 0.4) is 0 Å². The maximum Gasteiger partial charge on any atom is 0.235 e. The topological polar surface area (TPSA) is 66.6 Å². The first-order valence-electron chi connectivity index (χ1n) is 7.33. The third-order valence-electron chi connectivity index (χ3n) is 4.69. The van der Waals surface area contributed by atoms with Crippen molar-refractivity contribution in [3.63, 3.8) is 0 Å². The van der Waals surface area contributed by atoms with E-state index in [-0.39, 0.29) is 18.6 Å². The van der Waals surface area contributed by atoms with E-state index in [9.17, 15) is 9.90 Å². The van der Waals surface area contributed by atoms with Gasteiger partial charge in [-0.3, -0.25) is 4.79 Å². The lowest BCUT2D eigenvalue weighted by Crippen LogP contribution is -2.53. The molecule has 1 aliphatic carbocycles. The second-order valence-corrected chi connectivity index (χ2v) is 6.28. The lowest BCUT2D eigenvalue weighted by atomic mass is 9.84. The molecule has 1 saturated heterocycles. The fourth-order valence-electron chi connectivity index (χ4n) is 3.45. The van der Waals surface area contributed by atoms with E-state index >= 15 is 0 Å². The van der Waals surface area contributed by atoms with E-state index in [1.54, 1.807) is 0 Å². The first-order valence-corrected chi connectivity index (χ1v) is 7.74. The summed E-state index contributed by atoms with van der Waals surface area (Å²) in [6.07, 6.45) is 7.67. The Morgan fingerprint density at radius 2 is 1.95 bits per heavy atom. The number of amides is 1. The third-order valence-corrected chi connectivity index (χ3v) is 5.08. The summed E-state index contributed by atoms with van der Waals surface area (Å²) < 4.78 is 0. The first-order chi connectivity index (χ1) is 9.12. The maximum absolute atomic E-state index is 12.9. The Kier molecular flexibility index (Phi) is 4.79. The number of likely N-dealkylation sites (tertiary alicyclic amines) is 1. The molecule has 2 aliphatic rings. The molecule has 3 N–H and O–H groups in total. The normalized spacial score (nSPS) is 27.0. The maximum atomic E-state index is 12.9. The van der Waals surface area contributed by atoms with Crippen molar-refractivity contribution >= 4 is 23.1 Å². The summed E-state index contributed by atoms with van der Waals surface area (Å²) >= 11 is 5.19. The van der Waals surface area contributed by atoms with Crippen LogP contribution >= 0.6 is 12.2 Å². The molecule has 4 nitrogen and oxygen atoms in total. The molecule has 2 rings (SSSR count). The van der Waals surface area contributed by atoms with E-state index in [1.165, 1.54) is 0 Å². The number of aliphatic hydroxyl groups is 1. The number of nitrogens with two attached hydrogens (primary N) is 1. The fourth-order valence-corrected chi connectivity index (χ4v) is 3.75. The zero-order valence-corrected chi connectivity index (χ0v) is 12.3. The van der Waals surface area contributed by atoms with Crippen LogP contribution in [0.4, 0.5) is 0 Å². The molecule has 108 valence electrons. The molecular weight excluding hydrogens is 260 g/mol. The van der Waals surface area contributed by atoms with Crippen molar-refractivity contribution in [2.45, 2.75) is 57.4 Å². The minimum Gasteiger partial charge on any atom is -0.394 e. The summed E-state index contributed by atoms with van der Waals surface area (Å²) in [5, 5.41) is 9.54. The third kappa shape index (κ3) is 2.77. The number of carbonyl (C=O) groups is 1. The Bertz CT molecular complexity index is 353. The lowest BCUT2D eigenvalue weighted by molar-refractivity contribution is -0.141. The van der Waals surface area contributed by atoms with Crippen molar-refractivity contribution < 1.29 is 9.90 Å². The van der Waals surface area contributed by atoms with Crippen molar-refractivity contribution in [3.8, 4) is 0 Å². The van der Waals surface area contributed by atoms with E-state index in [4.69, 9.17) is 18.0 Å². The van der Waals surface area contributed by atoms with Gasteiger partial charge in [-0.1, -0.05) is 37.9 Å². The Labute approximate surface area is 120 Å². The molecule has 1 heterocycles. The number of rotatable bonds is 3. The van der Waals surface area contributed by atoms with Gasteiger partial charge in [-0.05, 0) is 25.7 Å². The largest absolute Gasteiger partial charge is 0.394 e. The molecule has 2 fully saturated rings. The van der Waals surface area contributed by atoms with Crippen molar-refractivity contribution in [1.82, 2.24) is 4.90 Å². The zero-order valence-electron chi connectivity index (χ0n) is 11.4. The highest BCUT2D eigenvalue weighted by Crippen LogP contribution is 2.41. The number of hydrogen-bond acceptors (Lipinski definition) is 3. The van der Waals surface area contributed by atoms with Gasteiger partial charge in [0.05, 0.1) is 23.1 Å². The van der Waals surface area contributed by atoms with Crippen LogP contribution in [0.25, 0.3) is 0 Å². The van der Waals surface area contributed by atoms with Crippen molar-refractivity contribution in [1.29, 1.82) is 0 Å². The molecule has 5 heteroatoms. The predicted molar refractivity (Wildman–Crippen MR) is 78.7 cm³/mol. The number of thiocarbonyl (C=S) groups is 1. The summed E-state index contributed by atoms with van der Waals surface area (Å²) in [5.74, 6) is 0.0680. The SMILES string of the molecule is NC(=S)C1(C(=O)N2CCCCCC2CO)CCCC1. The second-order valence-electron chi connectivity index (χ2n) is 5.84. The summed E-state index contributed by atoms with van der Waals surface area (Å²) in [7, 11) is 0. The quantitative estimate of drug-likeness (QED) is 0.773. The lowest BCUT2D eigenvalue weighted by Gasteiger charge is -2.37. The number of carbonyl (C=O) groups excluding carboxylic acids is 1. The molecule has 0 aromatic carbocycles. The summed E-state index contributed by atoms with van der Waals surface area (Å²) in [4.78, 5) is 15.1. The van der Waals surface area contributed by atoms with Crippen molar-refractivity contribution in [2.24, 2.45) is 11.1 Å². The van der Waals surface area contributed by atoms with Crippen LogP contribution in [0.5, 0.6) is 0 Å². The predicted octanol–water partition coefficient (Wildman–Crippen LogP) is 1.60. The molecule has 1 aliphatic heterocycles. The first kappa shape index (κ1) is 14.7. The van der Waals surface area contributed by atoms with Gasteiger partial charge in [-0.25, -0.2) is 0 Å². The van der Waals surface area contributed by atoms with Gasteiger partial charge < -0.3 is 15.7 Å². The van der Waals surface area contributed by atoms with E-state index in [0.29, 0.717) is 4.99 Å². The Morgan fingerprint density at radius 1 is 1.26 bits per heavy atom. The van der Waals surface area contributed by atoms with Gasteiger partial charge in [-0.2, -0.15) is 0 Å². The number of nitrogens with zero attached hydrogens (tertiary/aromatic N) is 1. The van der Waals surface area contributed by atoms with Crippen LogP contribution in [0.1, 0.15) is 51.4 Å². The van der Waals surface area contributed by atoms with Crippen LogP contribution < -0.4 is 5.73 Å². The van der Waals surface area contributed by atoms with E-state index in [1.807, 2.05) is 4.90 Å². The van der Waals surface area contributed by atoms with Gasteiger partial charge in [0.2, 0.25) is 5.91 Å². The standard InChI is InChI=1S/C14H24N2O2S/c15-12(19)14(7-3-4-8-14)13(18)16-9-5-1-2-6-11(16)10-17/h11,17H,1-10H2,(H2,15,19). The molecular formula is C14H24N2O2S. The second kappa shape index (κ2) is 6.18. The molecule has 0 aromatic heterocycles. The minimum absolute atomic E-state index is 0.0408. The number of aliphatic hydroxyl groups excluding tert-OH is 1. The molecule has 1 saturated carbocycles. The number of hydrogen-bond donors (Lipinski definition) is 2. The molecule has 19 heavy (non-hydrogen) atoms. The van der Waals surface area contributed by atoms with Crippen LogP contribution in [-0.4, -0.2) is 40.1 Å². The Hall–Kier alpha value is -0.680. The van der Waals surface area contributed by atoms with Gasteiger partial charge in [0.1, 0.15) is 0 Å². The summed E-state index contributed by atoms with van der Waals surface area (Å²) in [6.45, 7) is 0.771. The average molecular weight is 284 g/mol.